The monoisotopic (exact) mass is 518 g/mol. The van der Waals surface area contributed by atoms with Crippen LogP contribution in [0.25, 0.3) is 0 Å². The first kappa shape index (κ1) is 25.9. The molecule has 0 fully saturated rings. The van der Waals surface area contributed by atoms with Crippen LogP contribution in [0.1, 0.15) is 63.9 Å². The Labute approximate surface area is 210 Å². The second-order valence-electron chi connectivity index (χ2n) is 9.95. The maximum Gasteiger partial charge on any atom is 0.418 e. The molecule has 1 heterocycles. The number of thiophene rings is 1. The van der Waals surface area contributed by atoms with Gasteiger partial charge in [-0.1, -0.05) is 45.0 Å². The zero-order chi connectivity index (χ0) is 26.3. The van der Waals surface area contributed by atoms with E-state index in [2.05, 4.69) is 31.4 Å². The van der Waals surface area contributed by atoms with E-state index in [1.165, 1.54) is 47.7 Å². The van der Waals surface area contributed by atoms with Gasteiger partial charge in [-0.25, -0.2) is 4.39 Å². The smallest absolute Gasteiger partial charge is 0.321 e. The molecule has 1 atom stereocenters. The Bertz CT molecular complexity index is 1310. The summed E-state index contributed by atoms with van der Waals surface area (Å²) in [5.74, 6) is -1.86. The molecule has 2 N–H and O–H groups in total. The molecule has 190 valence electrons. The summed E-state index contributed by atoms with van der Waals surface area (Å²) in [6.07, 6.45) is -2.63. The number of rotatable bonds is 4. The van der Waals surface area contributed by atoms with Crippen LogP contribution in [0, 0.1) is 17.2 Å². The second kappa shape index (κ2) is 9.69. The summed E-state index contributed by atoms with van der Waals surface area (Å²) in [6.45, 7) is 6.41. The summed E-state index contributed by atoms with van der Waals surface area (Å²) < 4.78 is 54.7. The zero-order valence-corrected chi connectivity index (χ0v) is 20.9. The average molecular weight is 519 g/mol. The van der Waals surface area contributed by atoms with E-state index in [9.17, 15) is 27.2 Å². The molecular weight excluding hydrogens is 492 g/mol. The van der Waals surface area contributed by atoms with Crippen LogP contribution in [-0.4, -0.2) is 11.8 Å². The van der Waals surface area contributed by atoms with E-state index in [1.54, 1.807) is 0 Å². The largest absolute Gasteiger partial charge is 0.418 e. The zero-order valence-electron chi connectivity index (χ0n) is 20.1. The van der Waals surface area contributed by atoms with E-state index >= 15 is 0 Å². The number of halogens is 4. The lowest BCUT2D eigenvalue weighted by molar-refractivity contribution is -0.136. The van der Waals surface area contributed by atoms with Gasteiger partial charge in [0.05, 0.1) is 22.4 Å². The molecule has 1 aliphatic carbocycles. The quantitative estimate of drug-likeness (QED) is 0.350. The molecule has 4 rings (SSSR count). The Kier molecular flexibility index (Phi) is 6.96. The van der Waals surface area contributed by atoms with Gasteiger partial charge in [-0.2, -0.15) is 13.2 Å². The van der Waals surface area contributed by atoms with Crippen molar-refractivity contribution in [2.24, 2.45) is 11.3 Å². The van der Waals surface area contributed by atoms with Crippen LogP contribution >= 0.6 is 11.3 Å². The van der Waals surface area contributed by atoms with Gasteiger partial charge in [0, 0.05) is 4.88 Å². The van der Waals surface area contributed by atoms with Gasteiger partial charge in [0.25, 0.3) is 11.8 Å². The predicted octanol–water partition coefficient (Wildman–Crippen LogP) is 7.56. The van der Waals surface area contributed by atoms with Crippen molar-refractivity contribution in [1.82, 2.24) is 0 Å². The highest BCUT2D eigenvalue weighted by Gasteiger charge is 2.36. The molecule has 0 bridgehead atoms. The molecule has 0 spiro atoms. The van der Waals surface area contributed by atoms with Gasteiger partial charge < -0.3 is 10.6 Å². The molecular formula is C27H26F4N2O2S. The summed E-state index contributed by atoms with van der Waals surface area (Å²) in [6, 6.07) is 10.2. The highest BCUT2D eigenvalue weighted by molar-refractivity contribution is 7.17. The van der Waals surface area contributed by atoms with E-state index in [1.807, 2.05) is 0 Å². The van der Waals surface area contributed by atoms with E-state index < -0.39 is 29.4 Å². The number of amides is 2. The Morgan fingerprint density at radius 1 is 0.944 bits per heavy atom. The lowest BCUT2D eigenvalue weighted by Crippen LogP contribution is -2.27. The minimum absolute atomic E-state index is 0.0202. The van der Waals surface area contributed by atoms with Gasteiger partial charge in [-0.05, 0) is 60.4 Å². The van der Waals surface area contributed by atoms with Crippen molar-refractivity contribution >= 4 is 33.8 Å². The molecule has 2 amide bonds. The highest BCUT2D eigenvalue weighted by atomic mass is 32.1. The fraction of sp³-hybridized carbons (Fsp3) is 0.333. The van der Waals surface area contributed by atoms with E-state index in [-0.39, 0.29) is 27.2 Å². The highest BCUT2D eigenvalue weighted by Crippen LogP contribution is 2.45. The fourth-order valence-corrected chi connectivity index (χ4v) is 5.81. The number of alkyl halides is 3. The summed E-state index contributed by atoms with van der Waals surface area (Å²) in [5, 5.41) is 5.24. The van der Waals surface area contributed by atoms with Gasteiger partial charge in [0.2, 0.25) is 0 Å². The normalized spacial score (nSPS) is 15.8. The van der Waals surface area contributed by atoms with Gasteiger partial charge >= 0.3 is 6.18 Å². The number of fused-ring (bicyclic) bond motifs is 1. The van der Waals surface area contributed by atoms with Crippen molar-refractivity contribution in [3.8, 4) is 0 Å². The summed E-state index contributed by atoms with van der Waals surface area (Å²) in [4.78, 5) is 27.2. The van der Waals surface area contributed by atoms with Crippen LogP contribution in [0.5, 0.6) is 0 Å². The average Bonchev–Trinajstić information content (AvgIpc) is 3.15. The van der Waals surface area contributed by atoms with Crippen LogP contribution in [0.2, 0.25) is 0 Å². The van der Waals surface area contributed by atoms with Crippen LogP contribution in [0.3, 0.4) is 0 Å². The minimum atomic E-state index is -4.65. The Balaban J connectivity index is 1.73. The van der Waals surface area contributed by atoms with Crippen molar-refractivity contribution in [2.45, 2.75) is 46.2 Å². The van der Waals surface area contributed by atoms with Crippen LogP contribution < -0.4 is 10.6 Å². The van der Waals surface area contributed by atoms with Gasteiger partial charge in [-0.15, -0.1) is 11.3 Å². The molecule has 4 nitrogen and oxygen atoms in total. The third-order valence-electron chi connectivity index (χ3n) is 6.54. The molecule has 0 saturated heterocycles. The van der Waals surface area contributed by atoms with Crippen LogP contribution in [0.4, 0.5) is 28.3 Å². The van der Waals surface area contributed by atoms with Crippen LogP contribution in [-0.2, 0) is 19.0 Å². The number of carbonyl (C=O) groups is 2. The maximum atomic E-state index is 14.2. The van der Waals surface area contributed by atoms with Crippen LogP contribution in [0.15, 0.2) is 48.5 Å². The Hall–Kier alpha value is -3.20. The van der Waals surface area contributed by atoms with Gasteiger partial charge in [0.1, 0.15) is 10.8 Å². The molecule has 0 saturated carbocycles. The molecule has 2 aromatic carbocycles. The van der Waals surface area contributed by atoms with Crippen molar-refractivity contribution in [1.29, 1.82) is 0 Å². The number of nitrogens with one attached hydrogen (secondary N) is 2. The van der Waals surface area contributed by atoms with Crippen molar-refractivity contribution in [2.75, 3.05) is 10.6 Å². The topological polar surface area (TPSA) is 58.2 Å². The maximum absolute atomic E-state index is 14.2. The molecule has 0 radical (unpaired) electrons. The summed E-state index contributed by atoms with van der Waals surface area (Å²) >= 11 is 1.22. The lowest BCUT2D eigenvalue weighted by Gasteiger charge is -2.33. The number of anilines is 2. The number of carbonyl (C=O) groups excluding carboxylic acids is 2. The SMILES string of the molecule is CC(C)(C)C1CCc2c(sc(NC(=O)c3ccccc3F)c2C(=O)Nc2ccccc2C(F)(F)F)C1. The number of hydrogen-bond acceptors (Lipinski definition) is 3. The molecule has 1 aromatic heterocycles. The summed E-state index contributed by atoms with van der Waals surface area (Å²) in [7, 11) is 0. The van der Waals surface area contributed by atoms with Crippen molar-refractivity contribution in [3.05, 3.63) is 81.5 Å². The second-order valence-corrected chi connectivity index (χ2v) is 11.1. The van der Waals surface area contributed by atoms with Gasteiger partial charge in [0.15, 0.2) is 0 Å². The lowest BCUT2D eigenvalue weighted by atomic mass is 9.72. The Morgan fingerprint density at radius 2 is 1.61 bits per heavy atom. The third kappa shape index (κ3) is 5.31. The standard InChI is InChI=1S/C27H26F4N2O2S/c1-26(2,3)15-12-13-17-21(14-15)36-25(33-23(34)16-8-4-6-10-19(16)28)22(17)24(35)32-20-11-7-5-9-18(20)27(29,30)31/h4-11,15H,12-14H2,1-3H3,(H,32,35)(H,33,34). The molecule has 36 heavy (non-hydrogen) atoms. The van der Waals surface area contributed by atoms with Crippen molar-refractivity contribution < 1.29 is 27.2 Å². The first-order valence-electron chi connectivity index (χ1n) is 11.5. The van der Waals surface area contributed by atoms with E-state index in [0.717, 1.165) is 23.4 Å². The molecule has 1 unspecified atom stereocenters. The molecule has 1 aliphatic rings. The molecule has 0 aliphatic heterocycles. The number of hydrogen-bond donors (Lipinski definition) is 2. The summed E-state index contributed by atoms with van der Waals surface area (Å²) in [5.41, 5.74) is -0.663. The third-order valence-corrected chi connectivity index (χ3v) is 7.71. The van der Waals surface area contributed by atoms with E-state index in [4.69, 9.17) is 0 Å². The minimum Gasteiger partial charge on any atom is -0.321 e. The molecule has 3 aromatic rings. The predicted molar refractivity (Wildman–Crippen MR) is 133 cm³/mol. The number of para-hydroxylation sites is 1. The first-order valence-corrected chi connectivity index (χ1v) is 12.4. The van der Waals surface area contributed by atoms with E-state index in [0.29, 0.717) is 24.3 Å². The molecule has 9 heteroatoms. The fourth-order valence-electron chi connectivity index (χ4n) is 4.49. The van der Waals surface area contributed by atoms with Crippen molar-refractivity contribution in [3.63, 3.8) is 0 Å². The van der Waals surface area contributed by atoms with Gasteiger partial charge in [-0.3, -0.25) is 9.59 Å². The first-order chi connectivity index (χ1) is 16.9. The Morgan fingerprint density at radius 3 is 2.28 bits per heavy atom. The number of benzene rings is 2.